The SMILES string of the molecule is O=S(=O)([O-])c1ccc2c3nc4nc(nc5[nH]c(nc6nc(nc([nH]3)c2c1S(=O)(=O)[O-])-c1ccccc1-6)c1ccccc51)-c1ccccc1-4.O=S(=O)([O-])c1ccc2c3nc4nc(nc5[nH]c(nc6nc(nc([nH]3)c2c1S(=O)(=O)[O-])-c1ccccc1-6)c1ccccc51)-c1ccccc1-4.O=S(=O)([O-])c1ccc2c3nc4nc(nc5[nH]c(nc6nc(nc([nH]3)c2c1S(=O)(=O)[O-])-c1ccccc1-6)c1ccccc51)-c1ccccc1-4.[Ir+3].[Ir+3]. The number of nitrogens with one attached hydrogen (secondary N) is 6. The Kier molecular flexibility index (Phi) is 21.7. The van der Waals surface area contributed by atoms with Crippen LogP contribution in [0.1, 0.15) is 0 Å². The molecule has 0 radical (unpaired) electrons. The zero-order chi connectivity index (χ0) is 98.8. The first kappa shape index (κ1) is 93.1. The van der Waals surface area contributed by atoms with Crippen LogP contribution in [-0.4, -0.2) is 197 Å². The number of aromatic amines is 6. The average Bonchev–Trinajstić information content (AvgIpc) is 1.58. The predicted octanol–water partition coefficient (Wildman–Crippen LogP) is 14.0. The molecule has 0 spiro atoms. The van der Waals surface area contributed by atoms with E-state index >= 15 is 0 Å². The van der Waals surface area contributed by atoms with Crippen molar-refractivity contribution in [1.29, 1.82) is 0 Å². The van der Waals surface area contributed by atoms with Crippen LogP contribution in [0.25, 0.3) is 269 Å². The van der Waals surface area contributed by atoms with Crippen molar-refractivity contribution in [2.75, 3.05) is 0 Å². The average molecular weight is 2400 g/mol. The number of rotatable bonds is 6. The van der Waals surface area contributed by atoms with Crippen molar-refractivity contribution in [1.82, 2.24) is 120 Å². The van der Waals surface area contributed by atoms with Gasteiger partial charge in [0.2, 0.25) is 0 Å². The number of hydrogen-bond donors (Lipinski definition) is 6. The second-order valence-corrected chi connectivity index (χ2v) is 40.9. The largest absolute Gasteiger partial charge is 3.00 e. The van der Waals surface area contributed by atoms with Gasteiger partial charge in [-0.1, -0.05) is 218 Å². The van der Waals surface area contributed by atoms with Gasteiger partial charge in [0.1, 0.15) is 128 Å². The van der Waals surface area contributed by atoms with Gasteiger partial charge in [0.25, 0.3) is 0 Å². The second-order valence-electron chi connectivity index (χ2n) is 32.9. The molecule has 6 aliphatic heterocycles. The molecule has 0 atom stereocenters. The fraction of sp³-hybridized carbons (Fsp3) is 0. The number of nitrogens with zero attached hydrogens (tertiary/aromatic N) is 18. The minimum absolute atomic E-state index is 0. The Balaban J connectivity index is 0.000000120. The van der Waals surface area contributed by atoms with E-state index in [2.05, 4.69) is 59.8 Å². The summed E-state index contributed by atoms with van der Waals surface area (Å²) in [6.07, 6.45) is 0. The van der Waals surface area contributed by atoms with Gasteiger partial charge in [-0.05, 0) is 36.4 Å². The Morgan fingerprint density at radius 1 is 0.151 bits per heavy atom. The summed E-state index contributed by atoms with van der Waals surface area (Å²) >= 11 is 0. The summed E-state index contributed by atoms with van der Waals surface area (Å²) in [5.74, 6) is 2.63. The molecule has 0 amide bonds. The van der Waals surface area contributed by atoms with E-state index in [1.165, 1.54) is 18.2 Å². The fourth-order valence-corrected chi connectivity index (χ4v) is 24.2. The molecule has 6 aliphatic rings. The van der Waals surface area contributed by atoms with Crippen molar-refractivity contribution in [3.8, 4) is 137 Å². The summed E-state index contributed by atoms with van der Waals surface area (Å²) in [6.45, 7) is 0. The normalized spacial score (nSPS) is 12.5. The van der Waals surface area contributed by atoms with Gasteiger partial charge in [-0.3, -0.25) is 0 Å². The zero-order valence-electron chi connectivity index (χ0n) is 72.8. The summed E-state index contributed by atoms with van der Waals surface area (Å²) in [7, 11) is -32.9. The molecule has 42 nitrogen and oxygen atoms in total. The van der Waals surface area contributed by atoms with E-state index in [0.29, 0.717) is 118 Å². The van der Waals surface area contributed by atoms with Crippen molar-refractivity contribution < 1.29 is 118 Å². The first-order valence-electron chi connectivity index (χ1n) is 42.7. The molecule has 0 aliphatic carbocycles. The number of benzene rings is 12. The molecule has 12 aromatic carbocycles. The molecule has 0 saturated carbocycles. The molecule has 50 heteroatoms. The number of aromatic nitrogens is 24. The fourth-order valence-electron chi connectivity index (χ4n) is 18.4. The Labute approximate surface area is 844 Å². The third-order valence-corrected chi connectivity index (χ3v) is 30.3. The van der Waals surface area contributed by atoms with Gasteiger partial charge in [-0.2, -0.15) is 0 Å². The molecule has 21 aromatic rings. The smallest absolute Gasteiger partial charge is 0.744 e. The monoisotopic (exact) mass is 2400 g/mol. The minimum atomic E-state index is -5.56. The Bertz CT molecular complexity index is 9890. The van der Waals surface area contributed by atoms with Crippen molar-refractivity contribution in [3.63, 3.8) is 0 Å². The molecule has 9 aromatic heterocycles. The van der Waals surface area contributed by atoms with E-state index < -0.39 is 106 Å². The summed E-state index contributed by atoms with van der Waals surface area (Å²) < 4.78 is 224. The van der Waals surface area contributed by atoms with Crippen LogP contribution in [0.4, 0.5) is 0 Å². The molecule has 714 valence electrons. The summed E-state index contributed by atoms with van der Waals surface area (Å²) in [4.78, 5) is 96.6. The number of H-pyrrole nitrogens is 6. The van der Waals surface area contributed by atoms with Gasteiger partial charge in [0.05, 0.1) is 29.4 Å². The first-order chi connectivity index (χ1) is 69.1. The molecule has 15 heterocycles. The molecule has 0 unspecified atom stereocenters. The third kappa shape index (κ3) is 15.6. The van der Waals surface area contributed by atoms with Gasteiger partial charge < -0.3 is 57.2 Å². The predicted molar refractivity (Wildman–Crippen MR) is 516 cm³/mol. The molecule has 0 fully saturated rings. The third-order valence-electron chi connectivity index (χ3n) is 24.5. The minimum Gasteiger partial charge on any atom is -0.744 e. The zero-order valence-corrected chi connectivity index (χ0v) is 82.5. The van der Waals surface area contributed by atoms with E-state index in [0.717, 1.165) is 50.5 Å². The van der Waals surface area contributed by atoms with Gasteiger partial charge in [-0.25, -0.2) is 140 Å². The van der Waals surface area contributed by atoms with Crippen LogP contribution in [0.5, 0.6) is 0 Å². The van der Waals surface area contributed by atoms with Crippen molar-refractivity contribution >= 4 is 193 Å². The van der Waals surface area contributed by atoms with Crippen LogP contribution in [0.2, 0.25) is 0 Å². The molecule has 0 saturated heterocycles. The van der Waals surface area contributed by atoms with E-state index in [-0.39, 0.29) is 143 Å². The van der Waals surface area contributed by atoms with Gasteiger partial charge >= 0.3 is 40.2 Å². The van der Waals surface area contributed by atoms with Crippen molar-refractivity contribution in [2.45, 2.75) is 29.4 Å². The number of hydrogen-bond acceptors (Lipinski definition) is 36. The Morgan fingerprint density at radius 2 is 0.281 bits per heavy atom. The maximum absolute atomic E-state index is 12.7. The maximum atomic E-state index is 12.7. The Hall–Kier alpha value is -16.5. The first-order valence-corrected chi connectivity index (χ1v) is 51.2. The van der Waals surface area contributed by atoms with Gasteiger partial charge in [0, 0.05) is 131 Å². The molecule has 6 N–H and O–H groups in total. The van der Waals surface area contributed by atoms with Crippen LogP contribution in [0.15, 0.2) is 284 Å². The summed E-state index contributed by atoms with van der Waals surface area (Å²) in [5.41, 5.74) is 9.25. The van der Waals surface area contributed by atoms with Crippen LogP contribution < -0.4 is 0 Å². The Morgan fingerprint density at radius 3 is 0.425 bits per heavy atom. The van der Waals surface area contributed by atoms with Crippen LogP contribution in [-0.2, 0) is 101 Å². The molecule has 146 heavy (non-hydrogen) atoms. The van der Waals surface area contributed by atoms with Crippen molar-refractivity contribution in [2.24, 2.45) is 0 Å². The van der Waals surface area contributed by atoms with Gasteiger partial charge in [0.15, 0.2) is 69.9 Å². The van der Waals surface area contributed by atoms with E-state index in [9.17, 15) is 77.8 Å². The van der Waals surface area contributed by atoms with Crippen LogP contribution in [0, 0.1) is 0 Å². The van der Waals surface area contributed by atoms with E-state index in [1.54, 1.807) is 109 Å². The molecule has 24 bridgehead atoms. The second kappa shape index (κ2) is 34.1. The molecule has 27 rings (SSSR count). The van der Waals surface area contributed by atoms with Crippen LogP contribution in [0.3, 0.4) is 0 Å². The van der Waals surface area contributed by atoms with Gasteiger partial charge in [-0.15, -0.1) is 0 Å². The van der Waals surface area contributed by atoms with E-state index in [1.807, 2.05) is 109 Å². The standard InChI is InChI=1S/3C32H18N8O6S2.2Ir/c3*41-47(42,43)22-14-13-21-23(24(22)48(44,45)46)32-39-30-20-12-6-5-11-19(20)28(37-30)35-26-16-8-2-1-7-15(16)25(33-26)34-27-17-9-3-4-10-18(17)29(36-27)38-31(21)40-32;;/h3*1-14H,(H,41,42,43)(H,44,45,46)(H2,33,34,35,36,37,38,39,40);;/q;;;2*+3/p-6. The molecular weight excluding hydrogens is 2350 g/mol. The van der Waals surface area contributed by atoms with Crippen molar-refractivity contribution in [3.05, 3.63) is 255 Å². The quantitative estimate of drug-likeness (QED) is 0.0842. The topological polar surface area (TPSA) is 670 Å². The van der Waals surface area contributed by atoms with E-state index in [4.69, 9.17) is 59.8 Å². The maximum Gasteiger partial charge on any atom is 3.00 e. The van der Waals surface area contributed by atoms with Crippen LogP contribution >= 0.6 is 0 Å². The number of fused-ring (bicyclic) bond motifs is 60. The molecular formula is C96H48Ir2N24O18S6. The summed E-state index contributed by atoms with van der Waals surface area (Å²) in [6, 6.07) is 71.5. The summed E-state index contributed by atoms with van der Waals surface area (Å²) in [5, 5.41) is 3.39.